The Morgan fingerprint density at radius 1 is 0.895 bits per heavy atom. The average molecular weight is 251 g/mol. The minimum Gasteiger partial charge on any atom is -0.398 e. The quantitative estimate of drug-likeness (QED) is 0.631. The SMILES string of the molecule is Cc1cc(F)c(-c2cccc3ccccc23)cc1N. The molecule has 2 N–H and O–H groups in total. The van der Waals surface area contributed by atoms with Crippen LogP contribution in [-0.4, -0.2) is 0 Å². The molecule has 94 valence electrons. The largest absolute Gasteiger partial charge is 0.398 e. The lowest BCUT2D eigenvalue weighted by Crippen LogP contribution is -1.94. The predicted molar refractivity (Wildman–Crippen MR) is 78.5 cm³/mol. The van der Waals surface area contributed by atoms with Crippen LogP contribution in [0.4, 0.5) is 10.1 Å². The first kappa shape index (κ1) is 11.7. The third-order valence-electron chi connectivity index (χ3n) is 3.44. The van der Waals surface area contributed by atoms with Crippen molar-refractivity contribution < 1.29 is 4.39 Å². The van der Waals surface area contributed by atoms with Crippen molar-refractivity contribution in [3.05, 3.63) is 66.0 Å². The van der Waals surface area contributed by atoms with Gasteiger partial charge in [0.05, 0.1) is 0 Å². The molecule has 1 nitrogen and oxygen atoms in total. The number of halogens is 1. The number of fused-ring (bicyclic) bond motifs is 1. The van der Waals surface area contributed by atoms with Gasteiger partial charge in [0.15, 0.2) is 0 Å². The molecule has 0 aromatic heterocycles. The molecule has 0 aliphatic carbocycles. The topological polar surface area (TPSA) is 26.0 Å². The Hall–Kier alpha value is -2.35. The summed E-state index contributed by atoms with van der Waals surface area (Å²) >= 11 is 0. The van der Waals surface area contributed by atoms with Crippen LogP contribution in [-0.2, 0) is 0 Å². The van der Waals surface area contributed by atoms with Gasteiger partial charge in [-0.1, -0.05) is 42.5 Å². The van der Waals surface area contributed by atoms with Crippen LogP contribution < -0.4 is 5.73 Å². The number of benzene rings is 3. The molecule has 0 unspecified atom stereocenters. The molecule has 0 saturated heterocycles. The average Bonchev–Trinajstić information content (AvgIpc) is 2.42. The Balaban J connectivity index is 2.33. The Labute approximate surface area is 111 Å². The monoisotopic (exact) mass is 251 g/mol. The first-order valence-electron chi connectivity index (χ1n) is 6.20. The van der Waals surface area contributed by atoms with E-state index in [0.29, 0.717) is 11.3 Å². The maximum Gasteiger partial charge on any atom is 0.131 e. The highest BCUT2D eigenvalue weighted by Gasteiger charge is 2.10. The second kappa shape index (κ2) is 4.39. The fraction of sp³-hybridized carbons (Fsp3) is 0.0588. The number of nitrogens with two attached hydrogens (primary N) is 1. The van der Waals surface area contributed by atoms with E-state index < -0.39 is 0 Å². The third kappa shape index (κ3) is 1.95. The van der Waals surface area contributed by atoms with Crippen LogP contribution in [0.2, 0.25) is 0 Å². The predicted octanol–water partition coefficient (Wildman–Crippen LogP) is 4.54. The van der Waals surface area contributed by atoms with E-state index in [9.17, 15) is 4.39 Å². The molecule has 2 heteroatoms. The molecule has 0 fully saturated rings. The van der Waals surface area contributed by atoms with E-state index in [0.717, 1.165) is 21.9 Å². The van der Waals surface area contributed by atoms with Gasteiger partial charge in [-0.25, -0.2) is 4.39 Å². The molecular formula is C17H14FN. The van der Waals surface area contributed by atoms with Crippen molar-refractivity contribution in [2.45, 2.75) is 6.92 Å². The number of hydrogen-bond acceptors (Lipinski definition) is 1. The van der Waals surface area contributed by atoms with E-state index in [4.69, 9.17) is 5.73 Å². The van der Waals surface area contributed by atoms with Crippen molar-refractivity contribution in [3.63, 3.8) is 0 Å². The van der Waals surface area contributed by atoms with Crippen molar-refractivity contribution in [3.8, 4) is 11.1 Å². The summed E-state index contributed by atoms with van der Waals surface area (Å²) in [6.45, 7) is 1.81. The second-order valence-corrected chi connectivity index (χ2v) is 4.72. The number of nitrogen functional groups attached to an aromatic ring is 1. The van der Waals surface area contributed by atoms with E-state index in [1.807, 2.05) is 49.4 Å². The first-order valence-corrected chi connectivity index (χ1v) is 6.20. The smallest absolute Gasteiger partial charge is 0.131 e. The molecule has 0 spiro atoms. The van der Waals surface area contributed by atoms with Crippen LogP contribution in [0.1, 0.15) is 5.56 Å². The molecule has 0 radical (unpaired) electrons. The Morgan fingerprint density at radius 2 is 1.63 bits per heavy atom. The summed E-state index contributed by atoms with van der Waals surface area (Å²) < 4.78 is 14.2. The molecule has 0 heterocycles. The minimum atomic E-state index is -0.233. The molecule has 0 atom stereocenters. The second-order valence-electron chi connectivity index (χ2n) is 4.72. The number of hydrogen-bond donors (Lipinski definition) is 1. The van der Waals surface area contributed by atoms with Gasteiger partial charge in [-0.05, 0) is 41.0 Å². The molecule has 19 heavy (non-hydrogen) atoms. The molecule has 0 aliphatic heterocycles. The molecule has 3 aromatic rings. The third-order valence-corrected chi connectivity index (χ3v) is 3.44. The van der Waals surface area contributed by atoms with Crippen LogP contribution in [0.25, 0.3) is 21.9 Å². The Bertz CT molecular complexity index is 757. The summed E-state index contributed by atoms with van der Waals surface area (Å²) in [6, 6.07) is 17.1. The highest BCUT2D eigenvalue weighted by molar-refractivity contribution is 5.97. The summed E-state index contributed by atoms with van der Waals surface area (Å²) in [5, 5.41) is 2.13. The fourth-order valence-corrected chi connectivity index (χ4v) is 2.36. The summed E-state index contributed by atoms with van der Waals surface area (Å²) in [6.07, 6.45) is 0. The van der Waals surface area contributed by atoms with Crippen LogP contribution in [0, 0.1) is 12.7 Å². The van der Waals surface area contributed by atoms with Gasteiger partial charge in [0, 0.05) is 11.3 Å². The first-order chi connectivity index (χ1) is 9.16. The normalized spacial score (nSPS) is 10.8. The summed E-state index contributed by atoms with van der Waals surface area (Å²) in [5.41, 5.74) is 8.72. The lowest BCUT2D eigenvalue weighted by Gasteiger charge is -2.10. The lowest BCUT2D eigenvalue weighted by atomic mass is 9.96. The zero-order valence-electron chi connectivity index (χ0n) is 10.7. The highest BCUT2D eigenvalue weighted by atomic mass is 19.1. The zero-order valence-corrected chi connectivity index (χ0v) is 10.7. The Morgan fingerprint density at radius 3 is 2.47 bits per heavy atom. The fourth-order valence-electron chi connectivity index (χ4n) is 2.36. The summed E-state index contributed by atoms with van der Waals surface area (Å²) in [5.74, 6) is -0.233. The van der Waals surface area contributed by atoms with Gasteiger partial charge in [0.25, 0.3) is 0 Å². The highest BCUT2D eigenvalue weighted by Crippen LogP contribution is 2.32. The van der Waals surface area contributed by atoms with Crippen LogP contribution >= 0.6 is 0 Å². The molecule has 3 aromatic carbocycles. The van der Waals surface area contributed by atoms with Crippen molar-refractivity contribution in [1.82, 2.24) is 0 Å². The van der Waals surface area contributed by atoms with E-state index >= 15 is 0 Å². The van der Waals surface area contributed by atoms with Crippen LogP contribution in [0.5, 0.6) is 0 Å². The van der Waals surface area contributed by atoms with Crippen molar-refractivity contribution in [1.29, 1.82) is 0 Å². The minimum absolute atomic E-state index is 0.233. The maximum atomic E-state index is 14.2. The van der Waals surface area contributed by atoms with Gasteiger partial charge in [-0.15, -0.1) is 0 Å². The summed E-state index contributed by atoms with van der Waals surface area (Å²) in [7, 11) is 0. The molecule has 0 bridgehead atoms. The van der Waals surface area contributed by atoms with Crippen molar-refractivity contribution in [2.75, 3.05) is 5.73 Å². The van der Waals surface area contributed by atoms with Gasteiger partial charge in [0.2, 0.25) is 0 Å². The number of rotatable bonds is 1. The van der Waals surface area contributed by atoms with Crippen LogP contribution in [0.3, 0.4) is 0 Å². The summed E-state index contributed by atoms with van der Waals surface area (Å²) in [4.78, 5) is 0. The van der Waals surface area contributed by atoms with E-state index in [-0.39, 0.29) is 5.82 Å². The van der Waals surface area contributed by atoms with Crippen molar-refractivity contribution >= 4 is 16.5 Å². The standard InChI is InChI=1S/C17H14FN/c1-11-9-16(18)15(10-17(11)19)14-8-4-6-12-5-2-3-7-13(12)14/h2-10H,19H2,1H3. The number of aryl methyl sites for hydroxylation is 1. The van der Waals surface area contributed by atoms with Gasteiger partial charge in [-0.2, -0.15) is 0 Å². The number of anilines is 1. The molecule has 0 amide bonds. The van der Waals surface area contributed by atoms with Gasteiger partial charge in [0.1, 0.15) is 5.82 Å². The van der Waals surface area contributed by atoms with Crippen LogP contribution in [0.15, 0.2) is 54.6 Å². The van der Waals surface area contributed by atoms with Crippen molar-refractivity contribution in [2.24, 2.45) is 0 Å². The van der Waals surface area contributed by atoms with E-state index in [2.05, 4.69) is 0 Å². The zero-order chi connectivity index (χ0) is 13.4. The lowest BCUT2D eigenvalue weighted by molar-refractivity contribution is 0.630. The van der Waals surface area contributed by atoms with Gasteiger partial charge >= 0.3 is 0 Å². The molecule has 0 saturated carbocycles. The maximum absolute atomic E-state index is 14.2. The molecule has 0 aliphatic rings. The molecule has 3 rings (SSSR count). The molecular weight excluding hydrogens is 237 g/mol. The van der Waals surface area contributed by atoms with Gasteiger partial charge < -0.3 is 5.73 Å². The Kier molecular flexibility index (Phi) is 2.71. The van der Waals surface area contributed by atoms with E-state index in [1.54, 1.807) is 6.07 Å². The van der Waals surface area contributed by atoms with Gasteiger partial charge in [-0.3, -0.25) is 0 Å². The van der Waals surface area contributed by atoms with E-state index in [1.165, 1.54) is 6.07 Å².